The number of carbonyl (C=O) groups is 1. The molecule has 0 aliphatic rings. The van der Waals surface area contributed by atoms with E-state index in [1.165, 1.54) is 19.2 Å². The third-order valence-corrected chi connectivity index (χ3v) is 1.84. The van der Waals surface area contributed by atoms with Gasteiger partial charge < -0.3 is 14.6 Å². The minimum atomic E-state index is -0.624. The van der Waals surface area contributed by atoms with Crippen LogP contribution in [0.2, 0.25) is 0 Å². The molecule has 17 heavy (non-hydrogen) atoms. The van der Waals surface area contributed by atoms with E-state index in [0.29, 0.717) is 5.75 Å². The molecule has 0 aromatic heterocycles. The number of amides is 1. The Morgan fingerprint density at radius 3 is 2.53 bits per heavy atom. The predicted octanol–water partition coefficient (Wildman–Crippen LogP) is 2.75. The number of hydrogen-bond acceptors (Lipinski definition) is 4. The van der Waals surface area contributed by atoms with Crippen molar-refractivity contribution in [3.63, 3.8) is 0 Å². The topological polar surface area (TPSA) is 67.8 Å². The molecule has 94 valence electrons. The summed E-state index contributed by atoms with van der Waals surface area (Å²) in [6.45, 7) is 5.29. The molecule has 1 aromatic rings. The monoisotopic (exact) mass is 239 g/mol. The molecule has 5 heteroatoms. The number of hydrogen-bond donors (Lipinski definition) is 2. The molecule has 2 N–H and O–H groups in total. The van der Waals surface area contributed by atoms with Gasteiger partial charge in [-0.2, -0.15) is 0 Å². The van der Waals surface area contributed by atoms with Gasteiger partial charge in [0.15, 0.2) is 0 Å². The van der Waals surface area contributed by atoms with E-state index in [-0.39, 0.29) is 11.4 Å². The van der Waals surface area contributed by atoms with E-state index >= 15 is 0 Å². The number of phenolic OH excluding ortho intramolecular Hbond substituents is 1. The van der Waals surface area contributed by atoms with Gasteiger partial charge in [-0.05, 0) is 32.9 Å². The van der Waals surface area contributed by atoms with Crippen LogP contribution in [0.3, 0.4) is 0 Å². The molecule has 0 radical (unpaired) electrons. The highest BCUT2D eigenvalue weighted by atomic mass is 16.6. The van der Waals surface area contributed by atoms with Crippen LogP contribution in [0.15, 0.2) is 18.2 Å². The van der Waals surface area contributed by atoms with Crippen molar-refractivity contribution in [1.29, 1.82) is 0 Å². The first-order chi connectivity index (χ1) is 7.81. The summed E-state index contributed by atoms with van der Waals surface area (Å²) in [5.74, 6) is 0.491. The number of anilines is 1. The quantitative estimate of drug-likeness (QED) is 0.779. The number of phenols is 1. The maximum absolute atomic E-state index is 11.5. The lowest BCUT2D eigenvalue weighted by Gasteiger charge is -2.20. The molecule has 0 unspecified atom stereocenters. The molecule has 0 aliphatic carbocycles. The summed E-state index contributed by atoms with van der Waals surface area (Å²) in [5, 5.41) is 12.0. The Kier molecular flexibility index (Phi) is 3.83. The standard InChI is InChI=1S/C12H17NO4/c1-12(2,3)17-11(15)13-9-7-8(16-4)5-6-10(9)14/h5-7,14H,1-4H3,(H,13,15). The van der Waals surface area contributed by atoms with Gasteiger partial charge in [0.05, 0.1) is 12.8 Å². The van der Waals surface area contributed by atoms with Crippen LogP contribution < -0.4 is 10.1 Å². The second kappa shape index (κ2) is 4.95. The lowest BCUT2D eigenvalue weighted by molar-refractivity contribution is 0.0635. The fourth-order valence-corrected chi connectivity index (χ4v) is 1.16. The van der Waals surface area contributed by atoms with Crippen LogP contribution in [-0.4, -0.2) is 23.9 Å². The lowest BCUT2D eigenvalue weighted by Crippen LogP contribution is -2.27. The molecule has 0 atom stereocenters. The minimum Gasteiger partial charge on any atom is -0.506 e. The molecule has 0 heterocycles. The lowest BCUT2D eigenvalue weighted by atomic mass is 10.2. The van der Waals surface area contributed by atoms with Gasteiger partial charge in [0.25, 0.3) is 0 Å². The molecule has 0 fully saturated rings. The third-order valence-electron chi connectivity index (χ3n) is 1.84. The summed E-state index contributed by atoms with van der Waals surface area (Å²) in [7, 11) is 1.50. The second-order valence-corrected chi connectivity index (χ2v) is 4.51. The SMILES string of the molecule is COc1ccc(O)c(NC(=O)OC(C)(C)C)c1. The molecule has 5 nitrogen and oxygen atoms in total. The van der Waals surface area contributed by atoms with Gasteiger partial charge in [-0.25, -0.2) is 4.79 Å². The van der Waals surface area contributed by atoms with Gasteiger partial charge in [0.1, 0.15) is 17.1 Å². The van der Waals surface area contributed by atoms with E-state index in [9.17, 15) is 9.90 Å². The zero-order chi connectivity index (χ0) is 13.1. The Bertz CT molecular complexity index is 409. The van der Waals surface area contributed by atoms with Crippen LogP contribution >= 0.6 is 0 Å². The minimum absolute atomic E-state index is 0.0448. The number of carbonyl (C=O) groups excluding carboxylic acids is 1. The van der Waals surface area contributed by atoms with Gasteiger partial charge in [-0.3, -0.25) is 5.32 Å². The molecular formula is C12H17NO4. The molecule has 0 spiro atoms. The van der Waals surface area contributed by atoms with Crippen molar-refractivity contribution < 1.29 is 19.4 Å². The highest BCUT2D eigenvalue weighted by molar-refractivity contribution is 5.87. The summed E-state index contributed by atoms with van der Waals surface area (Å²) < 4.78 is 10.1. The molecule has 0 bridgehead atoms. The zero-order valence-corrected chi connectivity index (χ0v) is 10.4. The van der Waals surface area contributed by atoms with Crippen LogP contribution in [0.1, 0.15) is 20.8 Å². The van der Waals surface area contributed by atoms with Crippen LogP contribution in [0.5, 0.6) is 11.5 Å². The highest BCUT2D eigenvalue weighted by Crippen LogP contribution is 2.28. The Hall–Kier alpha value is -1.91. The number of ether oxygens (including phenoxy) is 2. The molecular weight excluding hydrogens is 222 g/mol. The van der Waals surface area contributed by atoms with E-state index in [4.69, 9.17) is 9.47 Å². The average molecular weight is 239 g/mol. The molecule has 1 amide bonds. The number of benzene rings is 1. The fraction of sp³-hybridized carbons (Fsp3) is 0.417. The van der Waals surface area contributed by atoms with E-state index in [1.807, 2.05) is 0 Å². The van der Waals surface area contributed by atoms with Crippen molar-refractivity contribution in [3.05, 3.63) is 18.2 Å². The van der Waals surface area contributed by atoms with Crippen LogP contribution in [0.25, 0.3) is 0 Å². The van der Waals surface area contributed by atoms with E-state index < -0.39 is 11.7 Å². The number of nitrogens with one attached hydrogen (secondary N) is 1. The maximum Gasteiger partial charge on any atom is 0.412 e. The largest absolute Gasteiger partial charge is 0.506 e. The fourth-order valence-electron chi connectivity index (χ4n) is 1.16. The summed E-state index contributed by atoms with van der Waals surface area (Å²) in [4.78, 5) is 11.5. The number of methoxy groups -OCH3 is 1. The van der Waals surface area contributed by atoms with Crippen molar-refractivity contribution in [2.45, 2.75) is 26.4 Å². The first-order valence-corrected chi connectivity index (χ1v) is 5.19. The molecule has 1 rings (SSSR count). The van der Waals surface area contributed by atoms with Crippen molar-refractivity contribution in [3.8, 4) is 11.5 Å². The summed E-state index contributed by atoms with van der Waals surface area (Å²) in [6, 6.07) is 4.54. The Morgan fingerprint density at radius 1 is 1.35 bits per heavy atom. The van der Waals surface area contributed by atoms with Crippen LogP contribution in [0, 0.1) is 0 Å². The van der Waals surface area contributed by atoms with Gasteiger partial charge in [0, 0.05) is 6.07 Å². The first-order valence-electron chi connectivity index (χ1n) is 5.19. The van der Waals surface area contributed by atoms with Gasteiger partial charge in [0.2, 0.25) is 0 Å². The highest BCUT2D eigenvalue weighted by Gasteiger charge is 2.17. The third kappa shape index (κ3) is 4.22. The molecule has 0 saturated heterocycles. The number of rotatable bonds is 2. The smallest absolute Gasteiger partial charge is 0.412 e. The van der Waals surface area contributed by atoms with E-state index in [1.54, 1.807) is 26.8 Å². The Labute approximate surface area is 100 Å². The summed E-state index contributed by atoms with van der Waals surface area (Å²) >= 11 is 0. The average Bonchev–Trinajstić information content (AvgIpc) is 2.18. The Balaban J connectivity index is 2.77. The Morgan fingerprint density at radius 2 is 2.00 bits per heavy atom. The van der Waals surface area contributed by atoms with Gasteiger partial charge in [-0.15, -0.1) is 0 Å². The van der Waals surface area contributed by atoms with Crippen LogP contribution in [-0.2, 0) is 4.74 Å². The first kappa shape index (κ1) is 13.2. The normalized spacial score (nSPS) is 10.8. The number of aromatic hydroxyl groups is 1. The second-order valence-electron chi connectivity index (χ2n) is 4.51. The van der Waals surface area contributed by atoms with Crippen molar-refractivity contribution in [1.82, 2.24) is 0 Å². The summed E-state index contributed by atoms with van der Waals surface area (Å²) in [5.41, 5.74) is -0.336. The van der Waals surface area contributed by atoms with Crippen molar-refractivity contribution in [2.75, 3.05) is 12.4 Å². The van der Waals surface area contributed by atoms with E-state index in [2.05, 4.69) is 5.32 Å². The summed E-state index contributed by atoms with van der Waals surface area (Å²) in [6.07, 6.45) is -0.624. The van der Waals surface area contributed by atoms with Crippen molar-refractivity contribution in [2.24, 2.45) is 0 Å². The maximum atomic E-state index is 11.5. The predicted molar refractivity (Wildman–Crippen MR) is 64.5 cm³/mol. The molecule has 0 saturated carbocycles. The van der Waals surface area contributed by atoms with Gasteiger partial charge in [-0.1, -0.05) is 0 Å². The van der Waals surface area contributed by atoms with E-state index in [0.717, 1.165) is 0 Å². The molecule has 0 aliphatic heterocycles. The van der Waals surface area contributed by atoms with Crippen molar-refractivity contribution >= 4 is 11.8 Å². The molecule has 1 aromatic carbocycles. The van der Waals surface area contributed by atoms with Gasteiger partial charge >= 0.3 is 6.09 Å². The van der Waals surface area contributed by atoms with Crippen LogP contribution in [0.4, 0.5) is 10.5 Å². The zero-order valence-electron chi connectivity index (χ0n) is 10.4.